The van der Waals surface area contributed by atoms with Crippen molar-refractivity contribution in [3.05, 3.63) is 84.9 Å². The predicted molar refractivity (Wildman–Crippen MR) is 106 cm³/mol. The molecule has 0 fully saturated rings. The first-order valence-corrected chi connectivity index (χ1v) is 9.51. The van der Waals surface area contributed by atoms with Crippen LogP contribution in [0.3, 0.4) is 0 Å². The van der Waals surface area contributed by atoms with Crippen molar-refractivity contribution in [2.24, 2.45) is 5.11 Å². The van der Waals surface area contributed by atoms with Gasteiger partial charge in [-0.3, -0.25) is 4.79 Å². The highest BCUT2D eigenvalue weighted by molar-refractivity contribution is 6.32. The van der Waals surface area contributed by atoms with Gasteiger partial charge in [-0.05, 0) is 23.2 Å². The maximum atomic E-state index is 13.5. The fraction of sp³-hybridized carbons (Fsp3) is 0.278. The van der Waals surface area contributed by atoms with Crippen molar-refractivity contribution in [2.45, 2.75) is 25.3 Å². The molecule has 9 nitrogen and oxygen atoms in total. The molecule has 1 aliphatic heterocycles. The normalized spacial score (nSPS) is 14.6. The van der Waals surface area contributed by atoms with Crippen molar-refractivity contribution < 1.29 is 17.6 Å². The number of aromatic nitrogens is 4. The summed E-state index contributed by atoms with van der Waals surface area (Å²) in [6.07, 6.45) is -2.15. The zero-order chi connectivity index (χ0) is 23.0. The largest absolute Gasteiger partial charge is 0.416 e. The molecule has 0 aliphatic carbocycles. The third-order valence-corrected chi connectivity index (χ3v) is 5.44. The molecule has 3 aromatic rings. The second-order valence-electron chi connectivity index (χ2n) is 6.91. The molecule has 1 N–H and O–H groups in total. The average Bonchev–Trinajstić information content (AvgIpc) is 3.16. The summed E-state index contributed by atoms with van der Waals surface area (Å²) in [5, 5.41) is 9.46. The minimum absolute atomic E-state index is 0.0479. The lowest BCUT2D eigenvalue weighted by molar-refractivity contribution is -0.138. The predicted octanol–water partition coefficient (Wildman–Crippen LogP) is 4.20. The molecule has 0 radical (unpaired) electrons. The number of anilines is 1. The minimum Gasteiger partial charge on any atom is -0.360 e. The van der Waals surface area contributed by atoms with E-state index in [1.165, 1.54) is 12.4 Å². The number of nitrogens with zero attached hydrogens (tertiary/aromatic N) is 7. The Balaban J connectivity index is 1.75. The van der Waals surface area contributed by atoms with Gasteiger partial charge in [0.15, 0.2) is 0 Å². The van der Waals surface area contributed by atoms with Gasteiger partial charge < -0.3 is 9.47 Å². The van der Waals surface area contributed by atoms with E-state index < -0.39 is 29.2 Å². The summed E-state index contributed by atoms with van der Waals surface area (Å²) in [6.45, 7) is 0.775. The Hall–Kier alpha value is -3.57. The van der Waals surface area contributed by atoms with Crippen LogP contribution in [0, 0.1) is 5.82 Å². The van der Waals surface area contributed by atoms with E-state index >= 15 is 0 Å². The van der Waals surface area contributed by atoms with E-state index in [4.69, 9.17) is 17.1 Å². The van der Waals surface area contributed by atoms with Crippen molar-refractivity contribution >= 4 is 17.3 Å². The molecule has 32 heavy (non-hydrogen) atoms. The lowest BCUT2D eigenvalue weighted by atomic mass is 9.98. The second-order valence-corrected chi connectivity index (χ2v) is 7.29. The highest BCUT2D eigenvalue weighted by Crippen LogP contribution is 2.39. The minimum atomic E-state index is -4.85. The van der Waals surface area contributed by atoms with Crippen molar-refractivity contribution in [1.82, 2.24) is 19.7 Å². The van der Waals surface area contributed by atoms with Crippen LogP contribution >= 0.6 is 11.6 Å². The molecule has 1 aromatic carbocycles. The van der Waals surface area contributed by atoms with E-state index in [0.717, 1.165) is 12.1 Å². The van der Waals surface area contributed by atoms with Gasteiger partial charge in [0.2, 0.25) is 0 Å². The fourth-order valence-corrected chi connectivity index (χ4v) is 3.86. The first kappa shape index (κ1) is 21.7. The van der Waals surface area contributed by atoms with E-state index in [1.54, 1.807) is 9.47 Å². The average molecular weight is 469 g/mol. The van der Waals surface area contributed by atoms with Gasteiger partial charge in [-0.2, -0.15) is 18.3 Å². The summed E-state index contributed by atoms with van der Waals surface area (Å²) in [5.41, 5.74) is 7.44. The Kier molecular flexibility index (Phi) is 5.53. The number of azide groups is 1. The first-order chi connectivity index (χ1) is 15.2. The van der Waals surface area contributed by atoms with Crippen molar-refractivity contribution in [3.8, 4) is 0 Å². The van der Waals surface area contributed by atoms with Crippen LogP contribution in [-0.4, -0.2) is 26.3 Å². The number of alkyl halides is 3. The molecule has 4 rings (SSSR count). The molecular weight excluding hydrogens is 456 g/mol. The third-order valence-electron chi connectivity index (χ3n) is 5.08. The Bertz CT molecular complexity index is 1280. The van der Waals surface area contributed by atoms with E-state index in [-0.39, 0.29) is 29.4 Å². The first-order valence-electron chi connectivity index (χ1n) is 9.14. The van der Waals surface area contributed by atoms with E-state index in [9.17, 15) is 22.4 Å². The SMILES string of the molecule is [N-]=[N+]=NC(c1ccc(F)cc1C(F)(F)F)c1cnc2n1CCN(c1cn[nH]c(=O)c1Cl)C2. The standard InChI is InChI=1S/C18H13ClF4N8O/c19-15-12(7-26-28-17(15)32)30-3-4-31-13(6-25-14(31)8-30)16(27-29-24)10-2-1-9(20)5-11(10)18(21,22)23/h1-2,5-7,16H,3-4,8H2,(H,28,32). The highest BCUT2D eigenvalue weighted by Gasteiger charge is 2.37. The number of fused-ring (bicyclic) bond motifs is 1. The molecule has 0 saturated heterocycles. The summed E-state index contributed by atoms with van der Waals surface area (Å²) in [4.78, 5) is 20.4. The van der Waals surface area contributed by atoms with Crippen LogP contribution in [0.2, 0.25) is 5.02 Å². The number of imidazole rings is 1. The van der Waals surface area contributed by atoms with E-state index in [0.29, 0.717) is 24.1 Å². The molecule has 1 unspecified atom stereocenters. The van der Waals surface area contributed by atoms with E-state index in [1.807, 2.05) is 0 Å². The monoisotopic (exact) mass is 468 g/mol. The molecule has 2 aromatic heterocycles. The van der Waals surface area contributed by atoms with Gasteiger partial charge in [-0.25, -0.2) is 14.5 Å². The molecule has 0 spiro atoms. The highest BCUT2D eigenvalue weighted by atomic mass is 35.5. The van der Waals surface area contributed by atoms with Gasteiger partial charge in [-0.1, -0.05) is 22.8 Å². The van der Waals surface area contributed by atoms with Crippen LogP contribution in [0.1, 0.15) is 28.7 Å². The van der Waals surface area contributed by atoms with Gasteiger partial charge in [0.25, 0.3) is 5.56 Å². The topological polar surface area (TPSA) is 116 Å². The van der Waals surface area contributed by atoms with Crippen molar-refractivity contribution in [3.63, 3.8) is 0 Å². The number of aromatic amines is 1. The Labute approximate surface area is 181 Å². The molecule has 3 heterocycles. The van der Waals surface area contributed by atoms with Gasteiger partial charge in [-0.15, -0.1) is 0 Å². The molecule has 1 atom stereocenters. The van der Waals surface area contributed by atoms with E-state index in [2.05, 4.69) is 25.2 Å². The lowest BCUT2D eigenvalue weighted by Gasteiger charge is -2.31. The summed E-state index contributed by atoms with van der Waals surface area (Å²) in [5.74, 6) is -0.605. The van der Waals surface area contributed by atoms with Crippen LogP contribution in [0.5, 0.6) is 0 Å². The summed E-state index contributed by atoms with van der Waals surface area (Å²) in [7, 11) is 0. The van der Waals surface area contributed by atoms with Crippen LogP contribution in [0.4, 0.5) is 23.2 Å². The smallest absolute Gasteiger partial charge is 0.360 e. The summed E-state index contributed by atoms with van der Waals surface area (Å²) < 4.78 is 55.8. The molecule has 166 valence electrons. The van der Waals surface area contributed by atoms with Gasteiger partial charge in [0.1, 0.15) is 22.7 Å². The Morgan fingerprint density at radius 1 is 1.28 bits per heavy atom. The van der Waals surface area contributed by atoms with Crippen LogP contribution in [0.15, 0.2) is 40.5 Å². The number of halogens is 5. The Morgan fingerprint density at radius 2 is 2.06 bits per heavy atom. The quantitative estimate of drug-likeness (QED) is 0.267. The van der Waals surface area contributed by atoms with Crippen molar-refractivity contribution in [1.29, 1.82) is 0 Å². The Morgan fingerprint density at radius 3 is 2.78 bits per heavy atom. The number of hydrogen-bond donors (Lipinski definition) is 1. The van der Waals surface area contributed by atoms with Crippen LogP contribution < -0.4 is 10.5 Å². The zero-order valence-electron chi connectivity index (χ0n) is 16.0. The van der Waals surface area contributed by atoms with Crippen LogP contribution in [0.25, 0.3) is 10.4 Å². The maximum absolute atomic E-state index is 13.5. The molecule has 0 amide bonds. The fourth-order valence-electron chi connectivity index (χ4n) is 3.65. The molecule has 0 bridgehead atoms. The van der Waals surface area contributed by atoms with Gasteiger partial charge >= 0.3 is 6.18 Å². The number of nitrogens with one attached hydrogen (secondary N) is 1. The molecule has 0 saturated carbocycles. The van der Waals surface area contributed by atoms with Gasteiger partial charge in [0.05, 0.1) is 29.7 Å². The van der Waals surface area contributed by atoms with Crippen LogP contribution in [-0.2, 0) is 19.3 Å². The zero-order valence-corrected chi connectivity index (χ0v) is 16.8. The number of rotatable bonds is 4. The maximum Gasteiger partial charge on any atom is 0.416 e. The number of benzene rings is 1. The number of hydrogen-bond acceptors (Lipinski definition) is 5. The lowest BCUT2D eigenvalue weighted by Crippen LogP contribution is -2.35. The summed E-state index contributed by atoms with van der Waals surface area (Å²) in [6, 6.07) is 0.817. The number of H-pyrrole nitrogens is 1. The summed E-state index contributed by atoms with van der Waals surface area (Å²) >= 11 is 6.06. The molecule has 1 aliphatic rings. The van der Waals surface area contributed by atoms with Crippen molar-refractivity contribution in [2.75, 3.05) is 11.4 Å². The second kappa shape index (κ2) is 8.17. The third kappa shape index (κ3) is 3.87. The van der Waals surface area contributed by atoms with Gasteiger partial charge in [0, 0.05) is 24.2 Å². The molecular formula is C18H13ClF4N8O. The molecule has 14 heteroatoms.